The van der Waals surface area contributed by atoms with Gasteiger partial charge in [0, 0.05) is 17.6 Å². The fourth-order valence-corrected chi connectivity index (χ4v) is 3.62. The summed E-state index contributed by atoms with van der Waals surface area (Å²) in [6.45, 7) is 4.66. The second kappa shape index (κ2) is 7.14. The minimum absolute atomic E-state index is 0.0196. The van der Waals surface area contributed by atoms with E-state index in [1.807, 2.05) is 0 Å². The van der Waals surface area contributed by atoms with Crippen molar-refractivity contribution in [2.75, 3.05) is 26.0 Å². The molecule has 2 atom stereocenters. The highest BCUT2D eigenvalue weighted by Gasteiger charge is 2.36. The number of nitriles is 1. The van der Waals surface area contributed by atoms with E-state index in [0.29, 0.717) is 17.0 Å². The van der Waals surface area contributed by atoms with Gasteiger partial charge in [-0.25, -0.2) is 0 Å². The molecule has 0 aliphatic heterocycles. The zero-order valence-corrected chi connectivity index (χ0v) is 14.6. The Labute approximate surface area is 139 Å². The first-order chi connectivity index (χ1) is 10.9. The number of carbonyl (C=O) groups excluding carboxylic acids is 1. The maximum Gasteiger partial charge on any atom is 0.159 e. The summed E-state index contributed by atoms with van der Waals surface area (Å²) < 4.78 is 0. The molecular formula is C19H27N3O. The largest absolute Gasteiger partial charge is 0.382 e. The molecule has 23 heavy (non-hydrogen) atoms. The van der Waals surface area contributed by atoms with Crippen LogP contribution in [0.5, 0.6) is 0 Å². The van der Waals surface area contributed by atoms with E-state index < -0.39 is 0 Å². The highest BCUT2D eigenvalue weighted by molar-refractivity contribution is 5.95. The number of Topliss-reactive ketones (excluding diaryl/α,β-unsaturated/α-hetero) is 1. The third-order valence-electron chi connectivity index (χ3n) is 5.17. The number of ketones is 1. The van der Waals surface area contributed by atoms with Crippen molar-refractivity contribution in [2.45, 2.75) is 45.1 Å². The summed E-state index contributed by atoms with van der Waals surface area (Å²) in [6, 6.07) is 7.46. The van der Waals surface area contributed by atoms with Crippen molar-refractivity contribution in [2.24, 2.45) is 5.92 Å². The Bertz CT molecular complexity index is 618. The number of benzene rings is 1. The quantitative estimate of drug-likeness (QED) is 0.842. The lowest BCUT2D eigenvalue weighted by Crippen LogP contribution is -2.52. The zero-order valence-electron chi connectivity index (χ0n) is 14.6. The zero-order chi connectivity index (χ0) is 17.0. The predicted octanol–water partition coefficient (Wildman–Crippen LogP) is 3.68. The molecule has 0 bridgehead atoms. The van der Waals surface area contributed by atoms with Gasteiger partial charge in [0.1, 0.15) is 6.07 Å². The van der Waals surface area contributed by atoms with Crippen LogP contribution in [0.1, 0.15) is 55.5 Å². The van der Waals surface area contributed by atoms with E-state index in [-0.39, 0.29) is 11.3 Å². The van der Waals surface area contributed by atoms with Crippen molar-refractivity contribution in [3.05, 3.63) is 29.3 Å². The lowest BCUT2D eigenvalue weighted by molar-refractivity contribution is 0.0882. The molecule has 1 aromatic carbocycles. The Morgan fingerprint density at radius 1 is 1.48 bits per heavy atom. The first-order valence-corrected chi connectivity index (χ1v) is 8.34. The second-order valence-corrected chi connectivity index (χ2v) is 7.10. The Hall–Kier alpha value is -1.86. The van der Waals surface area contributed by atoms with Crippen LogP contribution < -0.4 is 5.32 Å². The molecule has 4 heteroatoms. The molecule has 1 fully saturated rings. The number of anilines is 1. The van der Waals surface area contributed by atoms with Gasteiger partial charge < -0.3 is 10.2 Å². The molecule has 0 amide bonds. The van der Waals surface area contributed by atoms with Gasteiger partial charge in [0.15, 0.2) is 5.78 Å². The summed E-state index contributed by atoms with van der Waals surface area (Å²) in [4.78, 5) is 13.9. The molecule has 1 aliphatic rings. The van der Waals surface area contributed by atoms with Crippen LogP contribution in [0.2, 0.25) is 0 Å². The first-order valence-electron chi connectivity index (χ1n) is 8.34. The summed E-state index contributed by atoms with van der Waals surface area (Å²) in [7, 11) is 4.27. The van der Waals surface area contributed by atoms with E-state index >= 15 is 0 Å². The molecule has 1 aromatic rings. The highest BCUT2D eigenvalue weighted by atomic mass is 16.1. The molecule has 1 saturated carbocycles. The van der Waals surface area contributed by atoms with Crippen molar-refractivity contribution in [3.63, 3.8) is 0 Å². The third-order valence-corrected chi connectivity index (χ3v) is 5.17. The summed E-state index contributed by atoms with van der Waals surface area (Å²) in [5.41, 5.74) is 2.10. The van der Waals surface area contributed by atoms with Crippen molar-refractivity contribution in [3.8, 4) is 6.07 Å². The Morgan fingerprint density at radius 2 is 2.22 bits per heavy atom. The molecule has 2 unspecified atom stereocenters. The van der Waals surface area contributed by atoms with Crippen LogP contribution in [-0.2, 0) is 0 Å². The lowest BCUT2D eigenvalue weighted by Gasteiger charge is -2.45. The van der Waals surface area contributed by atoms with Gasteiger partial charge in [-0.3, -0.25) is 4.79 Å². The van der Waals surface area contributed by atoms with Gasteiger partial charge in [0.2, 0.25) is 0 Å². The van der Waals surface area contributed by atoms with Crippen LogP contribution in [0, 0.1) is 17.2 Å². The molecule has 0 spiro atoms. The molecule has 0 aromatic heterocycles. The number of rotatable bonds is 5. The normalized spacial score (nSPS) is 24.3. The van der Waals surface area contributed by atoms with Crippen LogP contribution in [-0.4, -0.2) is 36.9 Å². The highest BCUT2D eigenvalue weighted by Crippen LogP contribution is 2.36. The van der Waals surface area contributed by atoms with Gasteiger partial charge in [-0.05, 0) is 58.0 Å². The second-order valence-electron chi connectivity index (χ2n) is 7.10. The fraction of sp³-hybridized carbons (Fsp3) is 0.579. The van der Waals surface area contributed by atoms with Crippen molar-refractivity contribution < 1.29 is 4.79 Å². The Morgan fingerprint density at radius 3 is 2.78 bits per heavy atom. The molecular weight excluding hydrogens is 286 g/mol. The summed E-state index contributed by atoms with van der Waals surface area (Å²) in [5, 5.41) is 12.8. The molecule has 1 aliphatic carbocycles. The molecule has 2 rings (SSSR count). The number of hydrogen-bond acceptors (Lipinski definition) is 4. The van der Waals surface area contributed by atoms with Crippen molar-refractivity contribution >= 4 is 11.5 Å². The smallest absolute Gasteiger partial charge is 0.159 e. The van der Waals surface area contributed by atoms with E-state index in [0.717, 1.165) is 25.1 Å². The lowest BCUT2D eigenvalue weighted by atomic mass is 9.75. The van der Waals surface area contributed by atoms with E-state index in [4.69, 9.17) is 0 Å². The molecule has 1 N–H and O–H groups in total. The van der Waals surface area contributed by atoms with Gasteiger partial charge in [0.25, 0.3) is 0 Å². The van der Waals surface area contributed by atoms with Crippen molar-refractivity contribution in [1.29, 1.82) is 5.26 Å². The van der Waals surface area contributed by atoms with E-state index in [2.05, 4.69) is 37.3 Å². The van der Waals surface area contributed by atoms with Gasteiger partial charge in [-0.1, -0.05) is 19.8 Å². The first kappa shape index (κ1) is 17.5. The average molecular weight is 313 g/mol. The standard InChI is InChI=1S/C19H27N3O/c1-14-6-5-9-19(11-14,22(3)4)13-21-18-10-16(15(2)23)7-8-17(18)12-20/h7-8,10,14,21H,5-6,9,11,13H2,1-4H3. The number of hydrogen-bond donors (Lipinski definition) is 1. The molecule has 0 radical (unpaired) electrons. The van der Waals surface area contributed by atoms with Gasteiger partial charge in [-0.15, -0.1) is 0 Å². The van der Waals surface area contributed by atoms with Gasteiger partial charge in [0.05, 0.1) is 11.3 Å². The number of nitrogens with zero attached hydrogens (tertiary/aromatic N) is 2. The maximum atomic E-state index is 11.6. The Balaban J connectivity index is 2.22. The van der Waals surface area contributed by atoms with Gasteiger partial charge in [-0.2, -0.15) is 5.26 Å². The maximum absolute atomic E-state index is 11.6. The number of likely N-dealkylation sites (N-methyl/N-ethyl adjacent to an activating group) is 1. The van der Waals surface area contributed by atoms with E-state index in [9.17, 15) is 10.1 Å². The SMILES string of the molecule is CC(=O)c1ccc(C#N)c(NCC2(N(C)C)CCCC(C)C2)c1. The van der Waals surface area contributed by atoms with Crippen LogP contribution in [0.3, 0.4) is 0 Å². The summed E-state index contributed by atoms with van der Waals surface area (Å²) >= 11 is 0. The summed E-state index contributed by atoms with van der Waals surface area (Å²) in [6.07, 6.45) is 4.84. The minimum Gasteiger partial charge on any atom is -0.382 e. The number of carbonyl (C=O) groups is 1. The molecule has 4 nitrogen and oxygen atoms in total. The van der Waals surface area contributed by atoms with Crippen LogP contribution >= 0.6 is 0 Å². The molecule has 124 valence electrons. The fourth-order valence-electron chi connectivity index (χ4n) is 3.62. The van der Waals surface area contributed by atoms with E-state index in [1.165, 1.54) is 12.8 Å². The number of nitrogens with one attached hydrogen (secondary N) is 1. The topological polar surface area (TPSA) is 56.1 Å². The average Bonchev–Trinajstić information content (AvgIpc) is 2.52. The molecule has 0 saturated heterocycles. The van der Waals surface area contributed by atoms with E-state index in [1.54, 1.807) is 25.1 Å². The minimum atomic E-state index is 0.0196. The molecule has 0 heterocycles. The van der Waals surface area contributed by atoms with Crippen LogP contribution in [0.25, 0.3) is 0 Å². The van der Waals surface area contributed by atoms with Crippen LogP contribution in [0.4, 0.5) is 5.69 Å². The summed E-state index contributed by atoms with van der Waals surface area (Å²) in [5.74, 6) is 0.734. The van der Waals surface area contributed by atoms with Crippen molar-refractivity contribution in [1.82, 2.24) is 4.90 Å². The van der Waals surface area contributed by atoms with Crippen LogP contribution in [0.15, 0.2) is 18.2 Å². The van der Waals surface area contributed by atoms with Gasteiger partial charge >= 0.3 is 0 Å². The Kier molecular flexibility index (Phi) is 5.43. The predicted molar refractivity (Wildman–Crippen MR) is 93.7 cm³/mol. The monoisotopic (exact) mass is 313 g/mol. The third kappa shape index (κ3) is 3.92.